The van der Waals surface area contributed by atoms with Crippen molar-refractivity contribution in [3.63, 3.8) is 0 Å². The van der Waals surface area contributed by atoms with Gasteiger partial charge < -0.3 is 9.64 Å². The summed E-state index contributed by atoms with van der Waals surface area (Å²) in [5.41, 5.74) is -0.386. The maximum Gasteiger partial charge on any atom is 0.410 e. The van der Waals surface area contributed by atoms with Gasteiger partial charge in [0.2, 0.25) is 0 Å². The molecule has 2 atom stereocenters. The fourth-order valence-electron chi connectivity index (χ4n) is 3.74. The molecule has 110 valence electrons. The molecule has 0 aromatic heterocycles. The summed E-state index contributed by atoms with van der Waals surface area (Å²) in [5, 5.41) is 0. The van der Waals surface area contributed by atoms with E-state index in [9.17, 15) is 4.79 Å². The van der Waals surface area contributed by atoms with Crippen molar-refractivity contribution in [2.24, 2.45) is 17.8 Å². The maximum absolute atomic E-state index is 12.1. The molecule has 0 aromatic carbocycles. The normalized spacial score (nSPS) is 29.6. The van der Waals surface area contributed by atoms with E-state index in [1.165, 1.54) is 25.7 Å². The van der Waals surface area contributed by atoms with Crippen molar-refractivity contribution in [3.05, 3.63) is 0 Å². The monoisotopic (exact) mass is 267 g/mol. The molecular weight excluding hydrogens is 238 g/mol. The molecule has 0 N–H and O–H groups in total. The van der Waals surface area contributed by atoms with Gasteiger partial charge >= 0.3 is 6.09 Å². The van der Waals surface area contributed by atoms with Crippen LogP contribution in [0.25, 0.3) is 0 Å². The Bertz CT molecular complexity index is 315. The lowest BCUT2D eigenvalue weighted by Gasteiger charge is -2.40. The van der Waals surface area contributed by atoms with Gasteiger partial charge in [0.05, 0.1) is 0 Å². The molecule has 0 aromatic rings. The predicted octanol–water partition coefficient (Wildman–Crippen LogP) is 4.07. The summed E-state index contributed by atoms with van der Waals surface area (Å²) in [6, 6.07) is 0. The van der Waals surface area contributed by atoms with Crippen LogP contribution in [0, 0.1) is 17.8 Å². The van der Waals surface area contributed by atoms with Gasteiger partial charge in [0.1, 0.15) is 5.60 Å². The average molecular weight is 267 g/mol. The molecular formula is C16H29NO2. The molecule has 2 unspecified atom stereocenters. The first-order valence-corrected chi connectivity index (χ1v) is 7.85. The van der Waals surface area contributed by atoms with Crippen LogP contribution < -0.4 is 0 Å². The molecule has 19 heavy (non-hydrogen) atoms. The highest BCUT2D eigenvalue weighted by Crippen LogP contribution is 2.39. The summed E-state index contributed by atoms with van der Waals surface area (Å²) in [5.74, 6) is 2.35. The van der Waals surface area contributed by atoms with Crippen LogP contribution in [0.5, 0.6) is 0 Å². The van der Waals surface area contributed by atoms with Crippen molar-refractivity contribution in [3.8, 4) is 0 Å². The number of piperidine rings is 1. The Morgan fingerprint density at radius 3 is 2.32 bits per heavy atom. The van der Waals surface area contributed by atoms with E-state index in [1.807, 2.05) is 25.7 Å². The molecule has 2 fully saturated rings. The highest BCUT2D eigenvalue weighted by molar-refractivity contribution is 5.68. The van der Waals surface area contributed by atoms with E-state index in [1.54, 1.807) is 0 Å². The zero-order valence-electron chi connectivity index (χ0n) is 12.9. The van der Waals surface area contributed by atoms with Crippen molar-refractivity contribution in [2.45, 2.75) is 65.4 Å². The number of carbonyl (C=O) groups excluding carboxylic acids is 1. The van der Waals surface area contributed by atoms with Crippen LogP contribution in [0.4, 0.5) is 4.79 Å². The summed E-state index contributed by atoms with van der Waals surface area (Å²) in [4.78, 5) is 14.0. The van der Waals surface area contributed by atoms with Crippen LogP contribution in [-0.2, 0) is 4.74 Å². The third-order valence-corrected chi connectivity index (χ3v) is 4.63. The minimum Gasteiger partial charge on any atom is -0.444 e. The van der Waals surface area contributed by atoms with E-state index >= 15 is 0 Å². The van der Waals surface area contributed by atoms with E-state index < -0.39 is 0 Å². The zero-order chi connectivity index (χ0) is 14.0. The molecule has 1 amide bonds. The van der Waals surface area contributed by atoms with Crippen LogP contribution in [0.15, 0.2) is 0 Å². The Morgan fingerprint density at radius 1 is 1.16 bits per heavy atom. The number of ether oxygens (including phenoxy) is 1. The topological polar surface area (TPSA) is 29.5 Å². The Labute approximate surface area is 117 Å². The largest absolute Gasteiger partial charge is 0.444 e. The molecule has 1 aliphatic carbocycles. The second-order valence-electron chi connectivity index (χ2n) is 7.40. The Kier molecular flexibility index (Phi) is 4.42. The highest BCUT2D eigenvalue weighted by atomic mass is 16.6. The fraction of sp³-hybridized carbons (Fsp3) is 0.938. The zero-order valence-corrected chi connectivity index (χ0v) is 12.9. The quantitative estimate of drug-likeness (QED) is 0.716. The van der Waals surface area contributed by atoms with E-state index in [0.717, 1.165) is 31.3 Å². The summed E-state index contributed by atoms with van der Waals surface area (Å²) in [6.45, 7) is 9.84. The number of rotatable bonds is 1. The Hall–Kier alpha value is -0.730. The van der Waals surface area contributed by atoms with E-state index in [4.69, 9.17) is 4.74 Å². The molecule has 1 saturated heterocycles. The third kappa shape index (κ3) is 3.87. The molecule has 3 heteroatoms. The van der Waals surface area contributed by atoms with Gasteiger partial charge in [-0.2, -0.15) is 0 Å². The first-order chi connectivity index (χ1) is 8.87. The van der Waals surface area contributed by atoms with Crippen LogP contribution in [0.1, 0.15) is 59.8 Å². The van der Waals surface area contributed by atoms with Gasteiger partial charge in [0, 0.05) is 13.1 Å². The van der Waals surface area contributed by atoms with Gasteiger partial charge in [-0.15, -0.1) is 0 Å². The summed E-state index contributed by atoms with van der Waals surface area (Å²) < 4.78 is 5.47. The molecule has 0 spiro atoms. The Morgan fingerprint density at radius 2 is 1.79 bits per heavy atom. The van der Waals surface area contributed by atoms with Crippen LogP contribution in [0.2, 0.25) is 0 Å². The number of amides is 1. The smallest absolute Gasteiger partial charge is 0.410 e. The van der Waals surface area contributed by atoms with Gasteiger partial charge in [0.25, 0.3) is 0 Å². The first kappa shape index (κ1) is 14.7. The van der Waals surface area contributed by atoms with Gasteiger partial charge in [-0.1, -0.05) is 32.6 Å². The predicted molar refractivity (Wildman–Crippen MR) is 77.0 cm³/mol. The van der Waals surface area contributed by atoms with Crippen molar-refractivity contribution in [2.75, 3.05) is 13.1 Å². The van der Waals surface area contributed by atoms with Crippen LogP contribution >= 0.6 is 0 Å². The van der Waals surface area contributed by atoms with Gasteiger partial charge in [-0.25, -0.2) is 4.79 Å². The molecule has 1 saturated carbocycles. The standard InChI is InChI=1S/C16H29NO2/c1-12-11-17(15(18)19-16(2,3)4)10-9-14(12)13-7-5-6-8-13/h12-14H,5-11H2,1-4H3. The number of nitrogens with zero attached hydrogens (tertiary/aromatic N) is 1. The van der Waals surface area contributed by atoms with Crippen molar-refractivity contribution in [1.82, 2.24) is 4.90 Å². The van der Waals surface area contributed by atoms with Crippen molar-refractivity contribution >= 4 is 6.09 Å². The number of hydrogen-bond acceptors (Lipinski definition) is 2. The lowest BCUT2D eigenvalue weighted by atomic mass is 9.77. The molecule has 3 nitrogen and oxygen atoms in total. The van der Waals surface area contributed by atoms with Crippen LogP contribution in [0.3, 0.4) is 0 Å². The summed E-state index contributed by atoms with van der Waals surface area (Å²) in [7, 11) is 0. The molecule has 0 radical (unpaired) electrons. The van der Waals surface area contributed by atoms with Gasteiger partial charge in [0.15, 0.2) is 0 Å². The number of hydrogen-bond donors (Lipinski definition) is 0. The van der Waals surface area contributed by atoms with E-state index in [0.29, 0.717) is 5.92 Å². The average Bonchev–Trinajstić information content (AvgIpc) is 2.79. The van der Waals surface area contributed by atoms with Crippen LogP contribution in [-0.4, -0.2) is 29.7 Å². The molecule has 2 aliphatic rings. The van der Waals surface area contributed by atoms with Crippen molar-refractivity contribution < 1.29 is 9.53 Å². The second kappa shape index (κ2) is 5.72. The Balaban J connectivity index is 1.87. The second-order valence-corrected chi connectivity index (χ2v) is 7.40. The molecule has 1 aliphatic heterocycles. The van der Waals surface area contributed by atoms with Crippen molar-refractivity contribution in [1.29, 1.82) is 0 Å². The van der Waals surface area contributed by atoms with Gasteiger partial charge in [-0.3, -0.25) is 0 Å². The maximum atomic E-state index is 12.1. The SMILES string of the molecule is CC1CN(C(=O)OC(C)(C)C)CCC1C1CCCC1. The summed E-state index contributed by atoms with van der Waals surface area (Å²) >= 11 is 0. The first-order valence-electron chi connectivity index (χ1n) is 7.85. The molecule has 1 heterocycles. The van der Waals surface area contributed by atoms with E-state index in [-0.39, 0.29) is 11.7 Å². The molecule has 0 bridgehead atoms. The highest BCUT2D eigenvalue weighted by Gasteiger charge is 2.35. The molecule has 2 rings (SSSR count). The fourth-order valence-corrected chi connectivity index (χ4v) is 3.74. The minimum atomic E-state index is -0.386. The number of likely N-dealkylation sites (tertiary alicyclic amines) is 1. The summed E-state index contributed by atoms with van der Waals surface area (Å²) in [6.07, 6.45) is 6.64. The minimum absolute atomic E-state index is 0.135. The number of carbonyl (C=O) groups is 1. The third-order valence-electron chi connectivity index (χ3n) is 4.63. The lowest BCUT2D eigenvalue weighted by Crippen LogP contribution is -2.46. The lowest BCUT2D eigenvalue weighted by molar-refractivity contribution is 0.00706. The van der Waals surface area contributed by atoms with E-state index in [2.05, 4.69) is 6.92 Å². The van der Waals surface area contributed by atoms with Gasteiger partial charge in [-0.05, 0) is 44.9 Å².